The monoisotopic (exact) mass is 342 g/mol. The first-order chi connectivity index (χ1) is 12.2. The maximum atomic E-state index is 5.87. The van der Waals surface area contributed by atoms with Gasteiger partial charge in [0.1, 0.15) is 11.6 Å². The molecule has 0 amide bonds. The van der Waals surface area contributed by atoms with Crippen molar-refractivity contribution in [2.75, 3.05) is 30.7 Å². The van der Waals surface area contributed by atoms with Gasteiger partial charge in [-0.15, -0.1) is 0 Å². The third kappa shape index (κ3) is 5.29. The van der Waals surface area contributed by atoms with Gasteiger partial charge >= 0.3 is 0 Å². The second kappa shape index (κ2) is 8.62. The molecule has 0 spiro atoms. The zero-order valence-corrected chi connectivity index (χ0v) is 14.7. The Morgan fingerprint density at radius 3 is 2.44 bits per heavy atom. The van der Waals surface area contributed by atoms with Crippen molar-refractivity contribution in [1.29, 1.82) is 0 Å². The van der Waals surface area contributed by atoms with Crippen LogP contribution in [0.3, 0.4) is 0 Å². The number of aromatic nitrogens is 3. The molecule has 0 saturated carbocycles. The first-order valence-electron chi connectivity index (χ1n) is 8.95. The highest BCUT2D eigenvalue weighted by Crippen LogP contribution is 2.19. The van der Waals surface area contributed by atoms with Crippen molar-refractivity contribution >= 4 is 17.6 Å². The van der Waals surface area contributed by atoms with E-state index >= 15 is 0 Å². The average molecular weight is 342 g/mol. The van der Waals surface area contributed by atoms with Crippen LogP contribution in [0, 0.1) is 0 Å². The van der Waals surface area contributed by atoms with Gasteiger partial charge in [-0.25, -0.2) is 0 Å². The van der Waals surface area contributed by atoms with Crippen LogP contribution >= 0.6 is 0 Å². The predicted molar refractivity (Wildman–Crippen MR) is 98.9 cm³/mol. The second-order valence-corrected chi connectivity index (χ2v) is 6.21. The number of nitrogen functional groups attached to an aromatic ring is 1. The first kappa shape index (κ1) is 17.4. The van der Waals surface area contributed by atoms with Crippen LogP contribution in [0.25, 0.3) is 0 Å². The number of benzene rings is 1. The summed E-state index contributed by atoms with van der Waals surface area (Å²) in [5.74, 6) is 2.27. The van der Waals surface area contributed by atoms with Gasteiger partial charge in [0.15, 0.2) is 0 Å². The molecule has 1 aliphatic heterocycles. The van der Waals surface area contributed by atoms with Crippen LogP contribution in [0.4, 0.5) is 17.6 Å². The lowest BCUT2D eigenvalue weighted by molar-refractivity contribution is 0.270. The molecule has 134 valence electrons. The van der Waals surface area contributed by atoms with E-state index in [1.54, 1.807) is 0 Å². The third-order valence-electron chi connectivity index (χ3n) is 4.18. The van der Waals surface area contributed by atoms with Gasteiger partial charge in [0.2, 0.25) is 11.9 Å². The molecule has 1 saturated heterocycles. The van der Waals surface area contributed by atoms with E-state index in [1.807, 2.05) is 31.2 Å². The number of likely N-dealkylation sites (tertiary alicyclic amines) is 1. The van der Waals surface area contributed by atoms with Gasteiger partial charge in [0, 0.05) is 5.69 Å². The molecule has 1 aliphatic rings. The van der Waals surface area contributed by atoms with Crippen LogP contribution in [0.15, 0.2) is 24.3 Å². The Morgan fingerprint density at radius 2 is 1.76 bits per heavy atom. The molecule has 2 aromatic rings. The topological polar surface area (TPSA) is 89.2 Å². The second-order valence-electron chi connectivity index (χ2n) is 6.21. The van der Waals surface area contributed by atoms with E-state index in [1.165, 1.54) is 25.7 Å². The van der Waals surface area contributed by atoms with Crippen LogP contribution in [0.2, 0.25) is 0 Å². The van der Waals surface area contributed by atoms with E-state index < -0.39 is 0 Å². The molecule has 1 aromatic carbocycles. The van der Waals surface area contributed by atoms with Crippen molar-refractivity contribution in [3.63, 3.8) is 0 Å². The maximum absolute atomic E-state index is 5.87. The van der Waals surface area contributed by atoms with E-state index in [0.29, 0.717) is 24.9 Å². The van der Waals surface area contributed by atoms with Crippen molar-refractivity contribution in [2.24, 2.45) is 0 Å². The molecule has 1 fully saturated rings. The lowest BCUT2D eigenvalue weighted by Crippen LogP contribution is -2.25. The van der Waals surface area contributed by atoms with Gasteiger partial charge in [0.05, 0.1) is 13.2 Å². The molecule has 3 rings (SSSR count). The fourth-order valence-electron chi connectivity index (χ4n) is 2.99. The molecule has 7 nitrogen and oxygen atoms in total. The number of nitrogens with zero attached hydrogens (tertiary/aromatic N) is 4. The predicted octanol–water partition coefficient (Wildman–Crippen LogP) is 2.97. The lowest BCUT2D eigenvalue weighted by atomic mass is 10.2. The van der Waals surface area contributed by atoms with Crippen LogP contribution in [-0.2, 0) is 6.54 Å². The van der Waals surface area contributed by atoms with Gasteiger partial charge in [-0.3, -0.25) is 4.90 Å². The van der Waals surface area contributed by atoms with E-state index in [0.717, 1.165) is 24.5 Å². The fourth-order valence-corrected chi connectivity index (χ4v) is 2.99. The summed E-state index contributed by atoms with van der Waals surface area (Å²) >= 11 is 0. The van der Waals surface area contributed by atoms with E-state index in [-0.39, 0.29) is 5.95 Å². The van der Waals surface area contributed by atoms with Crippen molar-refractivity contribution in [3.05, 3.63) is 30.1 Å². The number of ether oxygens (including phenoxy) is 1. The summed E-state index contributed by atoms with van der Waals surface area (Å²) in [7, 11) is 0. The quantitative estimate of drug-likeness (QED) is 0.834. The Hall–Kier alpha value is -2.41. The summed E-state index contributed by atoms with van der Waals surface area (Å²) in [6, 6.07) is 7.68. The van der Waals surface area contributed by atoms with E-state index in [2.05, 4.69) is 25.2 Å². The number of rotatable bonds is 6. The number of nitrogens with two attached hydrogens (primary N) is 1. The SMILES string of the molecule is CCOc1ccc(Nc2nc(N)nc(CN3CCCCCC3)n2)cc1. The third-order valence-corrected chi connectivity index (χ3v) is 4.18. The zero-order chi connectivity index (χ0) is 17.5. The summed E-state index contributed by atoms with van der Waals surface area (Å²) < 4.78 is 5.45. The van der Waals surface area contributed by atoms with E-state index in [9.17, 15) is 0 Å². The minimum absolute atomic E-state index is 0.244. The Morgan fingerprint density at radius 1 is 1.04 bits per heavy atom. The Kier molecular flexibility index (Phi) is 6.00. The van der Waals surface area contributed by atoms with Gasteiger partial charge in [0.25, 0.3) is 0 Å². The highest BCUT2D eigenvalue weighted by Gasteiger charge is 2.13. The Labute approximate surface area is 148 Å². The fraction of sp³-hybridized carbons (Fsp3) is 0.500. The molecule has 7 heteroatoms. The molecule has 25 heavy (non-hydrogen) atoms. The standard InChI is InChI=1S/C18H26N6O/c1-2-25-15-9-7-14(8-10-15)20-18-22-16(21-17(19)23-18)13-24-11-5-3-4-6-12-24/h7-10H,2-6,11-13H2,1H3,(H3,19,20,21,22,23). The van der Waals surface area contributed by atoms with Gasteiger partial charge < -0.3 is 15.8 Å². The number of hydrogen-bond acceptors (Lipinski definition) is 7. The smallest absolute Gasteiger partial charge is 0.232 e. The summed E-state index contributed by atoms with van der Waals surface area (Å²) in [5, 5.41) is 3.19. The molecular weight excluding hydrogens is 316 g/mol. The van der Waals surface area contributed by atoms with Gasteiger partial charge in [-0.05, 0) is 57.1 Å². The molecule has 0 atom stereocenters. The number of nitrogens with one attached hydrogen (secondary N) is 1. The zero-order valence-electron chi connectivity index (χ0n) is 14.7. The molecule has 0 aliphatic carbocycles. The molecular formula is C18H26N6O. The number of hydrogen-bond donors (Lipinski definition) is 2. The highest BCUT2D eigenvalue weighted by atomic mass is 16.5. The molecule has 1 aromatic heterocycles. The minimum Gasteiger partial charge on any atom is -0.494 e. The van der Waals surface area contributed by atoms with Gasteiger partial charge in [-0.1, -0.05) is 12.8 Å². The van der Waals surface area contributed by atoms with Crippen molar-refractivity contribution in [3.8, 4) is 5.75 Å². The lowest BCUT2D eigenvalue weighted by Gasteiger charge is -2.18. The summed E-state index contributed by atoms with van der Waals surface area (Å²) in [5.41, 5.74) is 6.76. The maximum Gasteiger partial charge on any atom is 0.232 e. The summed E-state index contributed by atoms with van der Waals surface area (Å²) in [4.78, 5) is 15.4. The van der Waals surface area contributed by atoms with Crippen LogP contribution in [-0.4, -0.2) is 39.5 Å². The van der Waals surface area contributed by atoms with E-state index in [4.69, 9.17) is 10.5 Å². The minimum atomic E-state index is 0.244. The molecule has 0 radical (unpaired) electrons. The summed E-state index contributed by atoms with van der Waals surface area (Å²) in [6.07, 6.45) is 5.08. The van der Waals surface area contributed by atoms with Crippen LogP contribution in [0.1, 0.15) is 38.4 Å². The van der Waals surface area contributed by atoms with Crippen molar-refractivity contribution < 1.29 is 4.74 Å². The summed E-state index contributed by atoms with van der Waals surface area (Å²) in [6.45, 7) is 5.51. The van der Waals surface area contributed by atoms with Crippen molar-refractivity contribution in [1.82, 2.24) is 19.9 Å². The Balaban J connectivity index is 1.68. The molecule has 0 unspecified atom stereocenters. The normalized spacial score (nSPS) is 15.6. The largest absolute Gasteiger partial charge is 0.494 e. The Bertz CT molecular complexity index is 668. The van der Waals surface area contributed by atoms with Crippen LogP contribution < -0.4 is 15.8 Å². The molecule has 0 bridgehead atoms. The average Bonchev–Trinajstić information content (AvgIpc) is 2.85. The first-order valence-corrected chi connectivity index (χ1v) is 8.95. The highest BCUT2D eigenvalue weighted by molar-refractivity contribution is 5.55. The van der Waals surface area contributed by atoms with Crippen molar-refractivity contribution in [2.45, 2.75) is 39.2 Å². The van der Waals surface area contributed by atoms with Crippen LogP contribution in [0.5, 0.6) is 5.75 Å². The van der Waals surface area contributed by atoms with Gasteiger partial charge in [-0.2, -0.15) is 15.0 Å². The molecule has 2 heterocycles. The molecule has 3 N–H and O–H groups in total. The number of anilines is 3.